The van der Waals surface area contributed by atoms with Crippen molar-refractivity contribution in [3.05, 3.63) is 274 Å². The lowest BCUT2D eigenvalue weighted by molar-refractivity contribution is -0.128. The number of carbonyl (C=O) groups is 16. The van der Waals surface area contributed by atoms with Gasteiger partial charge in [0.15, 0.2) is 46.3 Å². The lowest BCUT2D eigenvalue weighted by Crippen LogP contribution is -2.20. The van der Waals surface area contributed by atoms with E-state index in [1.165, 1.54) is 42.0 Å². The molecule has 19 nitrogen and oxygen atoms in total. The molecule has 0 fully saturated rings. The zero-order valence-electron chi connectivity index (χ0n) is 91.3. The fourth-order valence-electron chi connectivity index (χ4n) is 11.1. The van der Waals surface area contributed by atoms with Crippen LogP contribution >= 0.6 is 11.3 Å². The second-order valence-corrected chi connectivity index (χ2v) is 45.3. The molecule has 0 bridgehead atoms. The van der Waals surface area contributed by atoms with Crippen molar-refractivity contribution in [2.24, 2.45) is 48.7 Å². The summed E-state index contributed by atoms with van der Waals surface area (Å²) < 4.78 is 13.3. The Balaban J connectivity index is 0.00000162. The first kappa shape index (κ1) is 131. The topological polar surface area (TPSA) is 312 Å². The van der Waals surface area contributed by atoms with Gasteiger partial charge in [-0.2, -0.15) is 0 Å². The summed E-state index contributed by atoms with van der Waals surface area (Å²) >= 11 is 1.59. The van der Waals surface area contributed by atoms with Gasteiger partial charge in [0, 0.05) is 187 Å². The van der Waals surface area contributed by atoms with Gasteiger partial charge in [0.25, 0.3) is 0 Å². The van der Waals surface area contributed by atoms with Gasteiger partial charge in [-0.15, -0.1) is 11.3 Å². The highest BCUT2D eigenvalue weighted by Gasteiger charge is 2.28. The van der Waals surface area contributed by atoms with Crippen molar-refractivity contribution in [3.63, 3.8) is 0 Å². The maximum Gasteiger partial charge on any atom is 0.156 e. The third-order valence-electron chi connectivity index (χ3n) is 21.2. The quantitative estimate of drug-likeness (QED) is 0.0323. The maximum atomic E-state index is 13.3. The number of hydrogen-bond donors (Lipinski definition) is 0. The van der Waals surface area contributed by atoms with Gasteiger partial charge in [-0.05, 0) is 168 Å². The van der Waals surface area contributed by atoms with Crippen LogP contribution in [-0.4, -0.2) is 107 Å². The molecule has 0 N–H and O–H groups in total. The number of pyridine rings is 3. The van der Waals surface area contributed by atoms with E-state index in [1.807, 2.05) is 321 Å². The summed E-state index contributed by atoms with van der Waals surface area (Å²) in [5.41, 5.74) is 4.38. The van der Waals surface area contributed by atoms with E-state index < -0.39 is 5.41 Å². The molecule has 0 aliphatic carbocycles. The second kappa shape index (κ2) is 65.6. The highest BCUT2D eigenvalue weighted by Crippen LogP contribution is 2.27. The summed E-state index contributed by atoms with van der Waals surface area (Å²) in [6, 6.07) is 38.8. The summed E-state index contributed by atoms with van der Waals surface area (Å²) in [6.07, 6.45) is 39.0. The summed E-state index contributed by atoms with van der Waals surface area (Å²) in [6.45, 7) is 55.0. The molecule has 0 aliphatic heterocycles. The van der Waals surface area contributed by atoms with E-state index in [4.69, 9.17) is 0 Å². The molecule has 7 aromatic rings. The van der Waals surface area contributed by atoms with Gasteiger partial charge in [-0.3, -0.25) is 91.7 Å². The summed E-state index contributed by atoms with van der Waals surface area (Å²) in [5, 5.41) is 1.97. The first-order chi connectivity index (χ1) is 66.5. The maximum absolute atomic E-state index is 13.3. The predicted molar refractivity (Wildman–Crippen MR) is 587 cm³/mol. The second-order valence-electron chi connectivity index (χ2n) is 44.3. The number of benzene rings is 3. The summed E-state index contributed by atoms with van der Waals surface area (Å²) in [7, 11) is 0. The Labute approximate surface area is 863 Å². The normalized spacial score (nSPS) is 11.9. The van der Waals surface area contributed by atoms with Crippen LogP contribution in [0.2, 0.25) is 0 Å². The molecular weight excluding hydrogens is 1830 g/mol. The minimum absolute atomic E-state index is 0.000790. The Morgan fingerprint density at radius 2 is 0.569 bits per heavy atom. The number of aryl methyl sites for hydroxylation is 2. The van der Waals surface area contributed by atoms with Gasteiger partial charge in [0.1, 0.15) is 52.1 Å². The molecule has 4 heterocycles. The Hall–Kier alpha value is -12.6. The molecule has 0 saturated heterocycles. The molecule has 144 heavy (non-hydrogen) atoms. The van der Waals surface area contributed by atoms with Crippen molar-refractivity contribution in [1.29, 1.82) is 0 Å². The number of rotatable bonds is 39. The number of Topliss-reactive ketones (excluding diaryl/α,β-unsaturated/α-hetero) is 8. The molecule has 0 radical (unpaired) electrons. The lowest BCUT2D eigenvalue weighted by atomic mass is 9.87. The summed E-state index contributed by atoms with van der Waals surface area (Å²) in [4.78, 5) is 199. The zero-order chi connectivity index (χ0) is 110. The van der Waals surface area contributed by atoms with Crippen LogP contribution in [0.15, 0.2) is 218 Å². The molecule has 21 heteroatoms. The van der Waals surface area contributed by atoms with E-state index in [9.17, 15) is 81.1 Å². The van der Waals surface area contributed by atoms with Gasteiger partial charge in [0.2, 0.25) is 0 Å². The molecule has 0 unspecified atom stereocenters. The lowest BCUT2D eigenvalue weighted by Gasteiger charge is -2.15. The number of nitrogens with zero attached hydrogens (tertiary/aromatic N) is 3. The average Bonchev–Trinajstić information content (AvgIpc) is 1.01. The third kappa shape index (κ3) is 66.3. The highest BCUT2D eigenvalue weighted by atomic mass is 32.1. The van der Waals surface area contributed by atoms with Crippen LogP contribution in [0, 0.1) is 68.4 Å². The minimum atomic E-state index is -0.421. The standard InChI is InChI=1S/2C17H22O2.C16H19FO2.3C15H19NO2.C14H18O2S.C14H24O2/c1-13-5-7-14(8-6-13)9-10-15(18)11-12-16(19)17(2,3)4;1-13-7-5-6-8-14(13)9-10-15(18)11-12-16(19)17(2,3)4;1-16(2,3)15(19)11-10-13(18)9-8-12-6-4-5-7-14(12)17;1-15(2,3)14(18)7-6-13(17)5-4-12-8-10-16-11-9-12;1-15(2,3)14(18)9-8-13(17)7-6-12-5-4-10-16-11-12;1-15(2,3)14(18)10-9-13(17)8-7-12-6-4-5-11-16-12;1-14(2,3)13(16)9-7-11(15)6-8-12-5-4-10-17-12;1-13(2,3)10-9-11(15)7-8-12(16)14(4,5)6/h2*5-10H,11-12H2,1-4H3;4-9H,10-11H2,1-3H3;4-5,8-11H,6-7H2,1-3H3;4-7,10-11H,8-9H2,1-3H3;4-8,11H,9-10H2,1-3H3;4-6,8,10H,7,9H2,1-3H3;9-10H,7-8H2,1-6H3/b2*10-9+;9-8+;5-4+;7-6+;8-7+;8-6+;10-9+. The smallest absolute Gasteiger partial charge is 0.156 e. The van der Waals surface area contributed by atoms with Crippen LogP contribution in [0.3, 0.4) is 0 Å². The molecule has 778 valence electrons. The van der Waals surface area contributed by atoms with E-state index in [0.29, 0.717) is 76.2 Å². The van der Waals surface area contributed by atoms with Gasteiger partial charge in [-0.1, -0.05) is 302 Å². The number of carbonyl (C=O) groups excluding carboxylic acids is 16. The van der Waals surface area contributed by atoms with Crippen LogP contribution < -0.4 is 0 Å². The molecule has 0 amide bonds. The molecule has 7 rings (SSSR count). The van der Waals surface area contributed by atoms with Crippen LogP contribution in [0.1, 0.15) is 339 Å². The number of hydrogen-bond acceptors (Lipinski definition) is 20. The van der Waals surface area contributed by atoms with Crippen LogP contribution in [0.4, 0.5) is 4.39 Å². The fraction of sp³-hybridized carbons (Fsp3) is 0.439. The van der Waals surface area contributed by atoms with Crippen LogP contribution in [0.25, 0.3) is 42.5 Å². The first-order valence-electron chi connectivity index (χ1n) is 49.1. The van der Waals surface area contributed by atoms with Crippen LogP contribution in [-0.2, 0) is 76.7 Å². The molecular formula is C123H162FN3O16S. The van der Waals surface area contributed by atoms with E-state index in [2.05, 4.69) is 15.0 Å². The van der Waals surface area contributed by atoms with Gasteiger partial charge >= 0.3 is 0 Å². The molecule has 0 spiro atoms. The van der Waals surface area contributed by atoms with Gasteiger partial charge in [0.05, 0.1) is 5.69 Å². The Bertz CT molecular complexity index is 5240. The predicted octanol–water partition coefficient (Wildman–Crippen LogP) is 28.2. The number of thiophene rings is 1. The number of aromatic nitrogens is 3. The van der Waals surface area contributed by atoms with E-state index in [-0.39, 0.29) is 174 Å². The van der Waals surface area contributed by atoms with Crippen molar-refractivity contribution in [3.8, 4) is 0 Å². The molecule has 0 saturated carbocycles. The SMILES string of the molecule is CC(C)(C)/C=C/C(=O)CCC(=O)C(C)(C)C.CC(C)(C)C(=O)CCC(=O)/C=C/c1ccccc1F.CC(C)(C)C(=O)CCC(=O)/C=C/c1ccccn1.CC(C)(C)C(=O)CCC(=O)/C=C/c1cccnc1.CC(C)(C)C(=O)CCC(=O)/C=C/c1cccs1.CC(C)(C)C(=O)CCC(=O)/C=C/c1ccncc1.Cc1ccc(/C=C/C(=O)CCC(=O)C(C)(C)C)cc1.Cc1ccccc1/C=C/C(=O)CCC(=O)C(C)(C)C. The van der Waals surface area contributed by atoms with Crippen molar-refractivity contribution in [2.75, 3.05) is 0 Å². The van der Waals surface area contributed by atoms with Crippen molar-refractivity contribution >= 4 is 146 Å². The summed E-state index contributed by atoms with van der Waals surface area (Å²) in [5.74, 6) is 0.357. The van der Waals surface area contributed by atoms with Gasteiger partial charge < -0.3 is 0 Å². The Morgan fingerprint density at radius 1 is 0.264 bits per heavy atom. The van der Waals surface area contributed by atoms with Crippen LogP contribution in [0.5, 0.6) is 0 Å². The molecule has 0 aliphatic rings. The van der Waals surface area contributed by atoms with Crippen molar-refractivity contribution in [2.45, 2.75) is 304 Å². The number of ketones is 16. The largest absolute Gasteiger partial charge is 0.299 e. The van der Waals surface area contributed by atoms with E-state index in [0.717, 1.165) is 38.4 Å². The van der Waals surface area contributed by atoms with Crippen molar-refractivity contribution in [1.82, 2.24) is 15.0 Å². The average molecular weight is 1990 g/mol. The van der Waals surface area contributed by atoms with E-state index in [1.54, 1.807) is 115 Å². The van der Waals surface area contributed by atoms with Gasteiger partial charge in [-0.25, -0.2) is 4.39 Å². The molecule has 0 atom stereocenters. The third-order valence-corrected chi connectivity index (χ3v) is 22.0. The zero-order valence-corrected chi connectivity index (χ0v) is 92.1. The Morgan fingerprint density at radius 3 is 0.882 bits per heavy atom. The number of allylic oxidation sites excluding steroid dienone is 9. The number of halogens is 1. The monoisotopic (exact) mass is 1990 g/mol. The van der Waals surface area contributed by atoms with Crippen molar-refractivity contribution < 1.29 is 81.1 Å². The highest BCUT2D eigenvalue weighted by molar-refractivity contribution is 7.10. The Kier molecular flexibility index (Phi) is 59.9. The minimum Gasteiger partial charge on any atom is -0.299 e. The fourth-order valence-corrected chi connectivity index (χ4v) is 11.7. The molecule has 3 aromatic carbocycles. The van der Waals surface area contributed by atoms with E-state index >= 15 is 0 Å². The first-order valence-corrected chi connectivity index (χ1v) is 49.9. The molecule has 4 aromatic heterocycles.